The molecule has 2 rings (SSSR count). The van der Waals surface area contributed by atoms with Crippen LogP contribution in [0.25, 0.3) is 0 Å². The van der Waals surface area contributed by atoms with Gasteiger partial charge in [-0.25, -0.2) is 4.98 Å². The molecular weight excluding hydrogens is 246 g/mol. The smallest absolute Gasteiger partial charge is 0.214 e. The normalized spacial score (nSPS) is 17.4. The zero-order valence-electron chi connectivity index (χ0n) is 11.1. The lowest BCUT2D eigenvalue weighted by atomic mass is 10.1. The van der Waals surface area contributed by atoms with Crippen LogP contribution in [0.3, 0.4) is 0 Å². The van der Waals surface area contributed by atoms with E-state index in [1.165, 1.54) is 25.7 Å². The van der Waals surface area contributed by atoms with Crippen LogP contribution in [0.4, 0.5) is 0 Å². The van der Waals surface area contributed by atoms with E-state index in [4.69, 9.17) is 16.3 Å². The second-order valence-corrected chi connectivity index (χ2v) is 5.29. The summed E-state index contributed by atoms with van der Waals surface area (Å²) in [6.45, 7) is 2.11. The minimum Gasteiger partial charge on any atom is -0.474 e. The first kappa shape index (κ1) is 13.7. The molecule has 1 heterocycles. The van der Waals surface area contributed by atoms with Gasteiger partial charge in [-0.15, -0.1) is 11.6 Å². The summed E-state index contributed by atoms with van der Waals surface area (Å²) < 4.78 is 6.05. The van der Waals surface area contributed by atoms with Crippen LogP contribution in [0.5, 0.6) is 5.88 Å². The highest BCUT2D eigenvalue weighted by molar-refractivity contribution is 6.17. The number of alkyl halides is 1. The third-order valence-corrected chi connectivity index (χ3v) is 3.83. The molecule has 1 saturated carbocycles. The summed E-state index contributed by atoms with van der Waals surface area (Å²) in [7, 11) is 0. The Bertz CT molecular complexity index is 351. The molecule has 0 radical (unpaired) electrons. The molecule has 1 aliphatic rings. The SMILES string of the molecule is CCc1cc(CCl)cc(OC2CCCCCC2)n1. The highest BCUT2D eigenvalue weighted by Gasteiger charge is 2.14. The van der Waals surface area contributed by atoms with Gasteiger partial charge in [-0.1, -0.05) is 19.8 Å². The van der Waals surface area contributed by atoms with Gasteiger partial charge in [-0.3, -0.25) is 0 Å². The standard InChI is InChI=1S/C15H22ClNO/c1-2-13-9-12(11-16)10-15(17-13)18-14-7-5-3-4-6-8-14/h9-10,14H,2-8,11H2,1H3. The zero-order valence-corrected chi connectivity index (χ0v) is 11.9. The lowest BCUT2D eigenvalue weighted by molar-refractivity contribution is 0.175. The summed E-state index contributed by atoms with van der Waals surface area (Å²) in [4.78, 5) is 4.54. The van der Waals surface area contributed by atoms with Gasteiger partial charge in [0.05, 0.1) is 0 Å². The third kappa shape index (κ3) is 3.88. The van der Waals surface area contributed by atoms with E-state index in [0.29, 0.717) is 12.0 Å². The topological polar surface area (TPSA) is 22.1 Å². The molecule has 18 heavy (non-hydrogen) atoms. The fraction of sp³-hybridized carbons (Fsp3) is 0.667. The molecule has 1 fully saturated rings. The number of hydrogen-bond donors (Lipinski definition) is 0. The summed E-state index contributed by atoms with van der Waals surface area (Å²) in [5, 5.41) is 0. The second kappa shape index (κ2) is 6.98. The van der Waals surface area contributed by atoms with E-state index < -0.39 is 0 Å². The minimum absolute atomic E-state index is 0.343. The number of halogens is 1. The maximum atomic E-state index is 6.05. The predicted octanol–water partition coefficient (Wildman–Crippen LogP) is 4.48. The van der Waals surface area contributed by atoms with E-state index >= 15 is 0 Å². The van der Waals surface area contributed by atoms with Crippen LogP contribution in [0, 0.1) is 0 Å². The average Bonchev–Trinajstić information content (AvgIpc) is 2.67. The highest BCUT2D eigenvalue weighted by Crippen LogP contribution is 2.23. The Balaban J connectivity index is 2.06. The van der Waals surface area contributed by atoms with Crippen molar-refractivity contribution < 1.29 is 4.74 Å². The third-order valence-electron chi connectivity index (χ3n) is 3.52. The number of aryl methyl sites for hydroxylation is 1. The Morgan fingerprint density at radius 3 is 2.56 bits per heavy atom. The minimum atomic E-state index is 0.343. The number of pyridine rings is 1. The van der Waals surface area contributed by atoms with E-state index in [1.807, 2.05) is 6.07 Å². The molecule has 2 nitrogen and oxygen atoms in total. The number of ether oxygens (including phenoxy) is 1. The Hall–Kier alpha value is -0.760. The van der Waals surface area contributed by atoms with Crippen molar-refractivity contribution in [1.29, 1.82) is 0 Å². The van der Waals surface area contributed by atoms with Gasteiger partial charge in [0.15, 0.2) is 0 Å². The molecule has 0 N–H and O–H groups in total. The maximum Gasteiger partial charge on any atom is 0.214 e. The summed E-state index contributed by atoms with van der Waals surface area (Å²) >= 11 is 5.91. The predicted molar refractivity (Wildman–Crippen MR) is 75.3 cm³/mol. The molecule has 100 valence electrons. The summed E-state index contributed by atoms with van der Waals surface area (Å²) in [5.41, 5.74) is 2.17. The van der Waals surface area contributed by atoms with Gasteiger partial charge in [0.25, 0.3) is 0 Å². The van der Waals surface area contributed by atoms with E-state index in [9.17, 15) is 0 Å². The fourth-order valence-electron chi connectivity index (χ4n) is 2.47. The number of rotatable bonds is 4. The van der Waals surface area contributed by atoms with Crippen molar-refractivity contribution in [3.05, 3.63) is 23.4 Å². The average molecular weight is 268 g/mol. The molecule has 1 aromatic heterocycles. The van der Waals surface area contributed by atoms with Gasteiger partial charge in [0.2, 0.25) is 5.88 Å². The van der Waals surface area contributed by atoms with E-state index in [1.54, 1.807) is 0 Å². The van der Waals surface area contributed by atoms with Crippen molar-refractivity contribution in [3.63, 3.8) is 0 Å². The quantitative estimate of drug-likeness (QED) is 0.593. The molecule has 0 aliphatic heterocycles. The number of aromatic nitrogens is 1. The second-order valence-electron chi connectivity index (χ2n) is 5.02. The molecule has 0 amide bonds. The van der Waals surface area contributed by atoms with E-state index in [-0.39, 0.29) is 0 Å². The molecule has 0 unspecified atom stereocenters. The summed E-state index contributed by atoms with van der Waals surface area (Å²) in [6, 6.07) is 4.05. The Labute approximate surface area is 115 Å². The van der Waals surface area contributed by atoms with Crippen LogP contribution in [-0.4, -0.2) is 11.1 Å². The van der Waals surface area contributed by atoms with E-state index in [2.05, 4.69) is 18.0 Å². The van der Waals surface area contributed by atoms with Crippen LogP contribution >= 0.6 is 11.6 Å². The largest absolute Gasteiger partial charge is 0.474 e. The van der Waals surface area contributed by atoms with Gasteiger partial charge in [0, 0.05) is 17.6 Å². The summed E-state index contributed by atoms with van der Waals surface area (Å²) in [5.74, 6) is 1.29. The van der Waals surface area contributed by atoms with Gasteiger partial charge in [-0.2, -0.15) is 0 Å². The molecular formula is C15H22ClNO. The molecule has 0 atom stereocenters. The van der Waals surface area contributed by atoms with Crippen LogP contribution < -0.4 is 4.74 Å². The Morgan fingerprint density at radius 1 is 1.22 bits per heavy atom. The first-order valence-corrected chi connectivity index (χ1v) is 7.57. The number of hydrogen-bond acceptors (Lipinski definition) is 2. The first-order chi connectivity index (χ1) is 8.81. The Morgan fingerprint density at radius 2 is 1.94 bits per heavy atom. The van der Waals surface area contributed by atoms with Gasteiger partial charge >= 0.3 is 0 Å². The molecule has 0 bridgehead atoms. The van der Waals surface area contributed by atoms with Crippen LogP contribution in [0.15, 0.2) is 12.1 Å². The monoisotopic (exact) mass is 267 g/mol. The molecule has 3 heteroatoms. The lowest BCUT2D eigenvalue weighted by Gasteiger charge is -2.17. The van der Waals surface area contributed by atoms with Crippen molar-refractivity contribution in [1.82, 2.24) is 4.98 Å². The van der Waals surface area contributed by atoms with Crippen molar-refractivity contribution in [2.45, 2.75) is 63.9 Å². The first-order valence-electron chi connectivity index (χ1n) is 7.04. The highest BCUT2D eigenvalue weighted by atomic mass is 35.5. The van der Waals surface area contributed by atoms with Gasteiger partial charge in [-0.05, 0) is 43.7 Å². The van der Waals surface area contributed by atoms with Crippen LogP contribution in [-0.2, 0) is 12.3 Å². The van der Waals surface area contributed by atoms with Crippen molar-refractivity contribution in [2.75, 3.05) is 0 Å². The van der Waals surface area contributed by atoms with Crippen molar-refractivity contribution in [2.24, 2.45) is 0 Å². The fourth-order valence-corrected chi connectivity index (χ4v) is 2.62. The molecule has 1 aromatic rings. The Kier molecular flexibility index (Phi) is 5.30. The zero-order chi connectivity index (χ0) is 12.8. The maximum absolute atomic E-state index is 6.05. The molecule has 0 saturated heterocycles. The lowest BCUT2D eigenvalue weighted by Crippen LogP contribution is -2.16. The number of nitrogens with zero attached hydrogens (tertiary/aromatic N) is 1. The van der Waals surface area contributed by atoms with Gasteiger partial charge in [0.1, 0.15) is 6.10 Å². The molecule has 0 aromatic carbocycles. The molecule has 0 spiro atoms. The summed E-state index contributed by atoms with van der Waals surface area (Å²) in [6.07, 6.45) is 8.83. The van der Waals surface area contributed by atoms with Crippen LogP contribution in [0.2, 0.25) is 0 Å². The van der Waals surface area contributed by atoms with E-state index in [0.717, 1.165) is 36.4 Å². The van der Waals surface area contributed by atoms with Crippen molar-refractivity contribution in [3.8, 4) is 5.88 Å². The van der Waals surface area contributed by atoms with Gasteiger partial charge < -0.3 is 4.74 Å². The van der Waals surface area contributed by atoms with Crippen LogP contribution in [0.1, 0.15) is 56.7 Å². The molecule has 1 aliphatic carbocycles. The van der Waals surface area contributed by atoms with Crippen molar-refractivity contribution >= 4 is 11.6 Å².